The van der Waals surface area contributed by atoms with Gasteiger partial charge >= 0.3 is 0 Å². The Morgan fingerprint density at radius 2 is 1.81 bits per heavy atom. The van der Waals surface area contributed by atoms with Crippen LogP contribution < -0.4 is 0 Å². The summed E-state index contributed by atoms with van der Waals surface area (Å²) >= 11 is 0. The van der Waals surface area contributed by atoms with Crippen molar-refractivity contribution in [2.75, 3.05) is 6.61 Å². The van der Waals surface area contributed by atoms with Crippen LogP contribution in [0.25, 0.3) is 0 Å². The summed E-state index contributed by atoms with van der Waals surface area (Å²) in [5, 5.41) is 0. The highest BCUT2D eigenvalue weighted by Gasteiger charge is 2.31. The minimum Gasteiger partial charge on any atom is -0.376 e. The number of hydrogen-bond donors (Lipinski definition) is 0. The molecule has 16 heavy (non-hydrogen) atoms. The standard InChI is InChI=1S/C15H22O/c1-2-15(10-6-7-11-15)13-16-12-14-8-4-3-5-9-14/h3-5,8-9H,2,6-7,10-13H2,1H3. The van der Waals surface area contributed by atoms with Crippen molar-refractivity contribution in [2.45, 2.75) is 45.6 Å². The molecule has 0 N–H and O–H groups in total. The lowest BCUT2D eigenvalue weighted by atomic mass is 9.84. The molecule has 0 spiro atoms. The topological polar surface area (TPSA) is 9.23 Å². The van der Waals surface area contributed by atoms with Gasteiger partial charge in [-0.2, -0.15) is 0 Å². The zero-order chi connectivity index (χ0) is 11.3. The van der Waals surface area contributed by atoms with Crippen LogP contribution in [0.3, 0.4) is 0 Å². The van der Waals surface area contributed by atoms with E-state index < -0.39 is 0 Å². The summed E-state index contributed by atoms with van der Waals surface area (Å²) in [6.45, 7) is 4.01. The van der Waals surface area contributed by atoms with E-state index in [-0.39, 0.29) is 0 Å². The highest BCUT2D eigenvalue weighted by atomic mass is 16.5. The summed E-state index contributed by atoms with van der Waals surface area (Å²) < 4.78 is 5.90. The van der Waals surface area contributed by atoms with Gasteiger partial charge in [-0.25, -0.2) is 0 Å². The third-order valence-electron chi connectivity index (χ3n) is 3.93. The summed E-state index contributed by atoms with van der Waals surface area (Å²) in [7, 11) is 0. The van der Waals surface area contributed by atoms with Crippen LogP contribution in [0.5, 0.6) is 0 Å². The molecule has 0 aliphatic heterocycles. The first kappa shape index (κ1) is 11.7. The van der Waals surface area contributed by atoms with Crippen molar-refractivity contribution in [3.63, 3.8) is 0 Å². The third kappa shape index (κ3) is 2.85. The molecular weight excluding hydrogens is 196 g/mol. The molecule has 0 bridgehead atoms. The number of benzene rings is 1. The number of hydrogen-bond acceptors (Lipinski definition) is 1. The van der Waals surface area contributed by atoms with Crippen LogP contribution >= 0.6 is 0 Å². The molecule has 0 aromatic heterocycles. The van der Waals surface area contributed by atoms with E-state index in [0.717, 1.165) is 13.2 Å². The van der Waals surface area contributed by atoms with Gasteiger partial charge in [-0.3, -0.25) is 0 Å². The van der Waals surface area contributed by atoms with Gasteiger partial charge in [-0.05, 0) is 30.2 Å². The first-order valence-electron chi connectivity index (χ1n) is 6.46. The third-order valence-corrected chi connectivity index (χ3v) is 3.93. The first-order chi connectivity index (χ1) is 7.85. The molecule has 0 heterocycles. The Balaban J connectivity index is 1.79. The molecule has 1 nitrogen and oxygen atoms in total. The fourth-order valence-corrected chi connectivity index (χ4v) is 2.68. The zero-order valence-electron chi connectivity index (χ0n) is 10.2. The largest absolute Gasteiger partial charge is 0.376 e. The smallest absolute Gasteiger partial charge is 0.0717 e. The van der Waals surface area contributed by atoms with Crippen LogP contribution in [0.1, 0.15) is 44.6 Å². The van der Waals surface area contributed by atoms with E-state index >= 15 is 0 Å². The lowest BCUT2D eigenvalue weighted by Gasteiger charge is -2.27. The predicted molar refractivity (Wildman–Crippen MR) is 67.3 cm³/mol. The lowest BCUT2D eigenvalue weighted by Crippen LogP contribution is -2.22. The Hall–Kier alpha value is -0.820. The summed E-state index contributed by atoms with van der Waals surface area (Å²) in [5.41, 5.74) is 1.78. The second-order valence-corrected chi connectivity index (χ2v) is 5.04. The van der Waals surface area contributed by atoms with Crippen molar-refractivity contribution >= 4 is 0 Å². The van der Waals surface area contributed by atoms with Gasteiger partial charge in [0.25, 0.3) is 0 Å². The molecule has 1 saturated carbocycles. The first-order valence-corrected chi connectivity index (χ1v) is 6.46. The average molecular weight is 218 g/mol. The van der Waals surface area contributed by atoms with E-state index in [1.807, 2.05) is 6.07 Å². The molecule has 0 saturated heterocycles. The second kappa shape index (κ2) is 5.49. The van der Waals surface area contributed by atoms with Gasteiger partial charge in [0.1, 0.15) is 0 Å². The van der Waals surface area contributed by atoms with Crippen molar-refractivity contribution < 1.29 is 4.74 Å². The summed E-state index contributed by atoms with van der Waals surface area (Å²) in [6.07, 6.45) is 6.77. The maximum atomic E-state index is 5.90. The SMILES string of the molecule is CCC1(COCc2ccccc2)CCCC1. The Morgan fingerprint density at radius 1 is 1.12 bits per heavy atom. The quantitative estimate of drug-likeness (QED) is 0.720. The highest BCUT2D eigenvalue weighted by molar-refractivity contribution is 5.13. The molecule has 1 aliphatic carbocycles. The second-order valence-electron chi connectivity index (χ2n) is 5.04. The maximum absolute atomic E-state index is 5.90. The number of rotatable bonds is 5. The molecule has 0 atom stereocenters. The van der Waals surface area contributed by atoms with Gasteiger partial charge in [0.05, 0.1) is 13.2 Å². The van der Waals surface area contributed by atoms with Crippen molar-refractivity contribution in [3.8, 4) is 0 Å². The van der Waals surface area contributed by atoms with E-state index in [4.69, 9.17) is 4.74 Å². The fourth-order valence-electron chi connectivity index (χ4n) is 2.68. The molecule has 1 aliphatic rings. The van der Waals surface area contributed by atoms with E-state index in [2.05, 4.69) is 31.2 Å². The van der Waals surface area contributed by atoms with Crippen LogP contribution in [-0.2, 0) is 11.3 Å². The molecule has 0 radical (unpaired) electrons. The van der Waals surface area contributed by atoms with E-state index in [0.29, 0.717) is 5.41 Å². The van der Waals surface area contributed by atoms with Crippen LogP contribution in [-0.4, -0.2) is 6.61 Å². The Morgan fingerprint density at radius 3 is 2.44 bits per heavy atom. The summed E-state index contributed by atoms with van der Waals surface area (Å²) in [5.74, 6) is 0. The van der Waals surface area contributed by atoms with Gasteiger partial charge in [0.15, 0.2) is 0 Å². The normalized spacial score (nSPS) is 18.8. The molecule has 0 unspecified atom stereocenters. The van der Waals surface area contributed by atoms with Crippen LogP contribution in [0.2, 0.25) is 0 Å². The Bertz CT molecular complexity index is 298. The minimum atomic E-state index is 0.495. The van der Waals surface area contributed by atoms with Gasteiger partial charge in [-0.15, -0.1) is 0 Å². The molecular formula is C15H22O. The summed E-state index contributed by atoms with van der Waals surface area (Å²) in [6, 6.07) is 10.5. The molecule has 1 aromatic rings. The van der Waals surface area contributed by atoms with E-state index in [1.165, 1.54) is 37.7 Å². The van der Waals surface area contributed by atoms with Gasteiger partial charge in [-0.1, -0.05) is 50.1 Å². The van der Waals surface area contributed by atoms with Crippen LogP contribution in [0.4, 0.5) is 0 Å². The zero-order valence-corrected chi connectivity index (χ0v) is 10.2. The monoisotopic (exact) mass is 218 g/mol. The van der Waals surface area contributed by atoms with E-state index in [9.17, 15) is 0 Å². The van der Waals surface area contributed by atoms with Crippen LogP contribution in [0, 0.1) is 5.41 Å². The minimum absolute atomic E-state index is 0.495. The fraction of sp³-hybridized carbons (Fsp3) is 0.600. The average Bonchev–Trinajstić information content (AvgIpc) is 2.80. The van der Waals surface area contributed by atoms with Crippen LogP contribution in [0.15, 0.2) is 30.3 Å². The maximum Gasteiger partial charge on any atom is 0.0717 e. The van der Waals surface area contributed by atoms with Gasteiger partial charge < -0.3 is 4.74 Å². The van der Waals surface area contributed by atoms with E-state index in [1.54, 1.807) is 0 Å². The lowest BCUT2D eigenvalue weighted by molar-refractivity contribution is 0.0339. The summed E-state index contributed by atoms with van der Waals surface area (Å²) in [4.78, 5) is 0. The molecule has 2 rings (SSSR count). The Labute approximate surface area is 98.8 Å². The molecule has 1 heteroatoms. The molecule has 1 fully saturated rings. The highest BCUT2D eigenvalue weighted by Crippen LogP contribution is 2.41. The number of ether oxygens (including phenoxy) is 1. The predicted octanol–water partition coefficient (Wildman–Crippen LogP) is 4.17. The van der Waals surface area contributed by atoms with Crippen molar-refractivity contribution in [1.29, 1.82) is 0 Å². The van der Waals surface area contributed by atoms with Crippen molar-refractivity contribution in [3.05, 3.63) is 35.9 Å². The Kier molecular flexibility index (Phi) is 4.00. The molecule has 1 aromatic carbocycles. The van der Waals surface area contributed by atoms with Crippen molar-refractivity contribution in [1.82, 2.24) is 0 Å². The van der Waals surface area contributed by atoms with Gasteiger partial charge in [0, 0.05) is 0 Å². The molecule has 0 amide bonds. The molecule has 88 valence electrons. The van der Waals surface area contributed by atoms with Gasteiger partial charge in [0.2, 0.25) is 0 Å². The van der Waals surface area contributed by atoms with Crippen molar-refractivity contribution in [2.24, 2.45) is 5.41 Å².